The Balaban J connectivity index is 2.03. The summed E-state index contributed by atoms with van der Waals surface area (Å²) in [6.45, 7) is 4.49. The maximum Gasteiger partial charge on any atom is 0.407 e. The molecule has 0 aromatic carbocycles. The van der Waals surface area contributed by atoms with Crippen LogP contribution >= 0.6 is 0 Å². The molecule has 4 nitrogen and oxygen atoms in total. The average Bonchev–Trinajstić information content (AvgIpc) is 1.98. The molecule has 2 aliphatic rings. The number of likely N-dealkylation sites (tertiary alicyclic amines) is 1. The number of amides is 1. The Bertz CT molecular complexity index is 219. The molecule has 12 heavy (non-hydrogen) atoms. The predicted molar refractivity (Wildman–Crippen MR) is 44.1 cm³/mol. The van der Waals surface area contributed by atoms with Crippen molar-refractivity contribution >= 4 is 6.09 Å². The lowest BCUT2D eigenvalue weighted by Gasteiger charge is -2.53. The molecule has 2 fully saturated rings. The van der Waals surface area contributed by atoms with E-state index in [4.69, 9.17) is 5.11 Å². The van der Waals surface area contributed by atoms with Gasteiger partial charge in [0.25, 0.3) is 0 Å². The summed E-state index contributed by atoms with van der Waals surface area (Å²) in [4.78, 5) is 12.2. The number of piperidine rings is 1. The third-order valence-electron chi connectivity index (χ3n) is 3.10. The first kappa shape index (κ1) is 7.86. The third kappa shape index (κ3) is 0.982. The van der Waals surface area contributed by atoms with Crippen molar-refractivity contribution in [1.29, 1.82) is 0 Å². The van der Waals surface area contributed by atoms with E-state index in [2.05, 4.69) is 12.2 Å². The van der Waals surface area contributed by atoms with Gasteiger partial charge in [0.15, 0.2) is 0 Å². The minimum absolute atomic E-state index is 0.205. The van der Waals surface area contributed by atoms with E-state index in [1.807, 2.05) is 0 Å². The Morgan fingerprint density at radius 1 is 1.75 bits per heavy atom. The van der Waals surface area contributed by atoms with E-state index in [0.717, 1.165) is 13.0 Å². The van der Waals surface area contributed by atoms with Gasteiger partial charge in [0.05, 0.1) is 0 Å². The summed E-state index contributed by atoms with van der Waals surface area (Å²) in [5.74, 6) is 0. The van der Waals surface area contributed by atoms with Crippen LogP contribution in [0, 0.1) is 5.41 Å². The van der Waals surface area contributed by atoms with Crippen LogP contribution in [0.2, 0.25) is 0 Å². The minimum atomic E-state index is -0.776. The molecule has 0 bridgehead atoms. The smallest absolute Gasteiger partial charge is 0.407 e. The molecule has 2 aliphatic heterocycles. The van der Waals surface area contributed by atoms with Crippen molar-refractivity contribution in [3.8, 4) is 0 Å². The number of hydrogen-bond acceptors (Lipinski definition) is 2. The molecule has 0 radical (unpaired) electrons. The third-order valence-corrected chi connectivity index (χ3v) is 3.10. The molecular formula is C8H14N2O2. The summed E-state index contributed by atoms with van der Waals surface area (Å²) < 4.78 is 0. The van der Waals surface area contributed by atoms with Crippen LogP contribution in [0.4, 0.5) is 4.79 Å². The monoisotopic (exact) mass is 170 g/mol. The van der Waals surface area contributed by atoms with Crippen molar-refractivity contribution < 1.29 is 9.90 Å². The van der Waals surface area contributed by atoms with Gasteiger partial charge in [-0.3, -0.25) is 0 Å². The van der Waals surface area contributed by atoms with Crippen LogP contribution in [0.1, 0.15) is 13.3 Å². The molecule has 2 rings (SSSR count). The van der Waals surface area contributed by atoms with Gasteiger partial charge in [0.1, 0.15) is 0 Å². The van der Waals surface area contributed by atoms with Crippen LogP contribution in [0.3, 0.4) is 0 Å². The van der Waals surface area contributed by atoms with Crippen LogP contribution in [0.15, 0.2) is 0 Å². The molecule has 0 aromatic heterocycles. The van der Waals surface area contributed by atoms with Gasteiger partial charge in [0, 0.05) is 31.1 Å². The highest BCUT2D eigenvalue weighted by Gasteiger charge is 2.47. The lowest BCUT2D eigenvalue weighted by Crippen LogP contribution is -2.68. The number of nitrogens with zero attached hydrogens (tertiary/aromatic N) is 1. The topological polar surface area (TPSA) is 52.6 Å². The van der Waals surface area contributed by atoms with Gasteiger partial charge in [0.2, 0.25) is 0 Å². The van der Waals surface area contributed by atoms with Crippen molar-refractivity contribution in [2.75, 3.05) is 19.6 Å². The highest BCUT2D eigenvalue weighted by Crippen LogP contribution is 2.35. The second-order valence-electron chi connectivity index (χ2n) is 4.08. The molecule has 0 saturated carbocycles. The van der Waals surface area contributed by atoms with Crippen LogP contribution in [-0.4, -0.2) is 41.8 Å². The fraction of sp³-hybridized carbons (Fsp3) is 0.875. The van der Waals surface area contributed by atoms with E-state index in [9.17, 15) is 4.79 Å². The number of rotatable bonds is 0. The van der Waals surface area contributed by atoms with Gasteiger partial charge in [-0.2, -0.15) is 0 Å². The van der Waals surface area contributed by atoms with Crippen molar-refractivity contribution in [2.24, 2.45) is 5.41 Å². The highest BCUT2D eigenvalue weighted by atomic mass is 16.4. The minimum Gasteiger partial charge on any atom is -0.465 e. The van der Waals surface area contributed by atoms with E-state index in [-0.39, 0.29) is 5.41 Å². The number of carbonyl (C=O) groups is 1. The summed E-state index contributed by atoms with van der Waals surface area (Å²) >= 11 is 0. The van der Waals surface area contributed by atoms with Crippen molar-refractivity contribution in [3.05, 3.63) is 0 Å². The van der Waals surface area contributed by atoms with E-state index in [1.165, 1.54) is 4.90 Å². The zero-order valence-corrected chi connectivity index (χ0v) is 7.21. The average molecular weight is 170 g/mol. The standard InChI is InChI=1S/C8H14N2O2/c1-8-4-9-6(8)2-3-10(5-8)7(11)12/h6,9H,2-5H2,1H3,(H,11,12)/t6-,8+/m0/s1. The number of hydrogen-bond donors (Lipinski definition) is 2. The largest absolute Gasteiger partial charge is 0.465 e. The van der Waals surface area contributed by atoms with Crippen LogP contribution < -0.4 is 5.32 Å². The van der Waals surface area contributed by atoms with Gasteiger partial charge >= 0.3 is 6.09 Å². The van der Waals surface area contributed by atoms with Crippen molar-refractivity contribution in [2.45, 2.75) is 19.4 Å². The van der Waals surface area contributed by atoms with E-state index in [0.29, 0.717) is 19.1 Å². The van der Waals surface area contributed by atoms with Crippen LogP contribution in [0.5, 0.6) is 0 Å². The molecule has 68 valence electrons. The summed E-state index contributed by atoms with van der Waals surface area (Å²) in [5, 5.41) is 12.1. The van der Waals surface area contributed by atoms with Gasteiger partial charge in [-0.05, 0) is 6.42 Å². The summed E-state index contributed by atoms with van der Waals surface area (Å²) in [5.41, 5.74) is 0.205. The second-order valence-corrected chi connectivity index (χ2v) is 4.08. The summed E-state index contributed by atoms with van der Waals surface area (Å²) in [6, 6.07) is 0.549. The van der Waals surface area contributed by atoms with E-state index in [1.54, 1.807) is 0 Å². The lowest BCUT2D eigenvalue weighted by molar-refractivity contribution is 0.00698. The molecule has 1 amide bonds. The number of nitrogens with one attached hydrogen (secondary N) is 1. The molecule has 4 heteroatoms. The summed E-state index contributed by atoms with van der Waals surface area (Å²) in [7, 11) is 0. The Kier molecular flexibility index (Phi) is 1.54. The Morgan fingerprint density at radius 3 is 2.92 bits per heavy atom. The molecule has 0 aromatic rings. The molecule has 0 unspecified atom stereocenters. The fourth-order valence-corrected chi connectivity index (χ4v) is 2.17. The van der Waals surface area contributed by atoms with E-state index >= 15 is 0 Å². The fourth-order valence-electron chi connectivity index (χ4n) is 2.17. The zero-order valence-electron chi connectivity index (χ0n) is 7.21. The molecule has 2 N–H and O–H groups in total. The Morgan fingerprint density at radius 2 is 2.50 bits per heavy atom. The first-order valence-corrected chi connectivity index (χ1v) is 4.33. The SMILES string of the molecule is C[C@]12CN[C@H]1CCN(C(=O)O)C2. The summed E-state index contributed by atoms with van der Waals surface area (Å²) in [6.07, 6.45) is 0.185. The molecule has 2 atom stereocenters. The number of fused-ring (bicyclic) bond motifs is 1. The Labute approximate surface area is 71.5 Å². The van der Waals surface area contributed by atoms with Crippen LogP contribution in [-0.2, 0) is 0 Å². The van der Waals surface area contributed by atoms with Gasteiger partial charge in [-0.1, -0.05) is 6.92 Å². The molecule has 0 aliphatic carbocycles. The van der Waals surface area contributed by atoms with Gasteiger partial charge in [-0.15, -0.1) is 0 Å². The van der Waals surface area contributed by atoms with Crippen molar-refractivity contribution in [1.82, 2.24) is 10.2 Å². The predicted octanol–water partition coefficient (Wildman–Crippen LogP) is 0.348. The zero-order chi connectivity index (χ0) is 8.77. The maximum atomic E-state index is 10.7. The molecule has 2 saturated heterocycles. The maximum absolute atomic E-state index is 10.7. The van der Waals surface area contributed by atoms with E-state index < -0.39 is 6.09 Å². The normalized spacial score (nSPS) is 40.1. The Hall–Kier alpha value is -0.770. The second kappa shape index (κ2) is 2.36. The lowest BCUT2D eigenvalue weighted by atomic mass is 9.71. The first-order valence-electron chi connectivity index (χ1n) is 4.33. The van der Waals surface area contributed by atoms with Gasteiger partial charge < -0.3 is 15.3 Å². The van der Waals surface area contributed by atoms with Gasteiger partial charge in [-0.25, -0.2) is 4.79 Å². The molecule has 2 heterocycles. The first-order chi connectivity index (χ1) is 5.62. The van der Waals surface area contributed by atoms with Crippen molar-refractivity contribution in [3.63, 3.8) is 0 Å². The number of carboxylic acid groups (broad SMARTS) is 1. The molecule has 0 spiro atoms. The quantitative estimate of drug-likeness (QED) is 0.551. The van der Waals surface area contributed by atoms with Crippen LogP contribution in [0.25, 0.3) is 0 Å². The molecular weight excluding hydrogens is 156 g/mol. The highest BCUT2D eigenvalue weighted by molar-refractivity contribution is 5.65.